The Bertz CT molecular complexity index is 918. The summed E-state index contributed by atoms with van der Waals surface area (Å²) in [5.74, 6) is 0.342. The minimum Gasteiger partial charge on any atom is -0.462 e. The number of hydrogen-bond acceptors (Lipinski definition) is 5. The molecule has 0 saturated carbocycles. The summed E-state index contributed by atoms with van der Waals surface area (Å²) in [4.78, 5) is 28.6. The molecule has 0 spiro atoms. The van der Waals surface area contributed by atoms with Gasteiger partial charge in [0.15, 0.2) is 10.8 Å². The third-order valence-electron chi connectivity index (χ3n) is 4.18. The fourth-order valence-corrected chi connectivity index (χ4v) is 3.14. The highest BCUT2D eigenvalue weighted by atomic mass is 32.1. The van der Waals surface area contributed by atoms with Gasteiger partial charge in [0.05, 0.1) is 6.26 Å². The second-order valence-electron chi connectivity index (χ2n) is 6.20. The fourth-order valence-electron chi connectivity index (χ4n) is 2.37. The van der Waals surface area contributed by atoms with E-state index in [0.29, 0.717) is 23.0 Å². The Kier molecular flexibility index (Phi) is 6.03. The van der Waals surface area contributed by atoms with Crippen molar-refractivity contribution in [2.24, 2.45) is 5.92 Å². The molecule has 3 rings (SSSR count). The van der Waals surface area contributed by atoms with Crippen molar-refractivity contribution >= 4 is 28.8 Å². The summed E-state index contributed by atoms with van der Waals surface area (Å²) in [6, 6.07) is 11.0. The van der Waals surface area contributed by atoms with Gasteiger partial charge in [0.1, 0.15) is 5.69 Å². The molecule has 1 unspecified atom stereocenters. The van der Waals surface area contributed by atoms with Crippen LogP contribution < -0.4 is 10.6 Å². The Morgan fingerprint density at radius 1 is 1.26 bits per heavy atom. The molecular weight excluding hydrogens is 362 g/mol. The molecule has 140 valence electrons. The normalized spacial score (nSPS) is 11.8. The first-order valence-corrected chi connectivity index (χ1v) is 9.62. The molecule has 2 heterocycles. The zero-order valence-corrected chi connectivity index (χ0v) is 16.0. The number of amides is 2. The second-order valence-corrected chi connectivity index (χ2v) is 7.05. The van der Waals surface area contributed by atoms with E-state index < -0.39 is 0 Å². The predicted octanol–water partition coefficient (Wildman–Crippen LogP) is 4.32. The summed E-state index contributed by atoms with van der Waals surface area (Å²) in [6.07, 6.45) is 2.36. The van der Waals surface area contributed by atoms with Crippen LogP contribution in [0.5, 0.6) is 0 Å². The molecule has 0 radical (unpaired) electrons. The summed E-state index contributed by atoms with van der Waals surface area (Å²) in [5.41, 5.74) is 1.97. The van der Waals surface area contributed by atoms with Crippen LogP contribution in [0.1, 0.15) is 36.3 Å². The maximum atomic E-state index is 12.3. The van der Waals surface area contributed by atoms with Gasteiger partial charge in [0.25, 0.3) is 5.91 Å². The summed E-state index contributed by atoms with van der Waals surface area (Å²) in [6.45, 7) is 4.22. The Morgan fingerprint density at radius 2 is 2.11 bits per heavy atom. The highest BCUT2D eigenvalue weighted by molar-refractivity contribution is 7.13. The number of hydrogen-bond donors (Lipinski definition) is 2. The Hall–Kier alpha value is -2.93. The number of anilines is 1. The molecule has 3 aromatic rings. The third-order valence-corrected chi connectivity index (χ3v) is 5.03. The van der Waals surface area contributed by atoms with Crippen LogP contribution in [0.3, 0.4) is 0 Å². The Balaban J connectivity index is 1.59. The molecule has 0 fully saturated rings. The molecule has 7 heteroatoms. The van der Waals surface area contributed by atoms with Crippen molar-refractivity contribution in [2.45, 2.75) is 26.8 Å². The smallest absolute Gasteiger partial charge is 0.271 e. The van der Waals surface area contributed by atoms with E-state index in [1.807, 2.05) is 38.1 Å². The number of furan rings is 1. The van der Waals surface area contributed by atoms with Crippen molar-refractivity contribution in [3.63, 3.8) is 0 Å². The zero-order chi connectivity index (χ0) is 19.2. The van der Waals surface area contributed by atoms with Crippen LogP contribution >= 0.6 is 11.3 Å². The van der Waals surface area contributed by atoms with Gasteiger partial charge in [-0.05, 0) is 36.2 Å². The molecule has 0 bridgehead atoms. The molecule has 0 aliphatic heterocycles. The lowest BCUT2D eigenvalue weighted by Crippen LogP contribution is -2.23. The number of benzene rings is 1. The van der Waals surface area contributed by atoms with E-state index in [1.165, 1.54) is 11.3 Å². The summed E-state index contributed by atoms with van der Waals surface area (Å²) in [5, 5.41) is 8.12. The predicted molar refractivity (Wildman–Crippen MR) is 106 cm³/mol. The van der Waals surface area contributed by atoms with Gasteiger partial charge in [-0.25, -0.2) is 4.98 Å². The summed E-state index contributed by atoms with van der Waals surface area (Å²) >= 11 is 1.36. The van der Waals surface area contributed by atoms with Gasteiger partial charge in [-0.3, -0.25) is 9.59 Å². The molecule has 1 atom stereocenters. The maximum Gasteiger partial charge on any atom is 0.271 e. The minimum absolute atomic E-state index is 0.00776. The number of thiazole rings is 1. The number of aromatic nitrogens is 1. The lowest BCUT2D eigenvalue weighted by atomic mass is 10.1. The molecule has 0 saturated heterocycles. The average Bonchev–Trinajstić information content (AvgIpc) is 3.37. The van der Waals surface area contributed by atoms with E-state index in [9.17, 15) is 9.59 Å². The van der Waals surface area contributed by atoms with Gasteiger partial charge in [0, 0.05) is 23.5 Å². The van der Waals surface area contributed by atoms with Gasteiger partial charge >= 0.3 is 0 Å². The second kappa shape index (κ2) is 8.64. The van der Waals surface area contributed by atoms with Gasteiger partial charge in [-0.15, -0.1) is 11.3 Å². The maximum absolute atomic E-state index is 12.3. The highest BCUT2D eigenvalue weighted by Crippen LogP contribution is 2.24. The lowest BCUT2D eigenvalue weighted by molar-refractivity contribution is -0.119. The number of carbonyl (C=O) groups is 2. The van der Waals surface area contributed by atoms with Crippen LogP contribution in [0, 0.1) is 5.92 Å². The van der Waals surface area contributed by atoms with Gasteiger partial charge in [-0.2, -0.15) is 0 Å². The Labute approximate surface area is 161 Å². The first-order chi connectivity index (χ1) is 13.1. The summed E-state index contributed by atoms with van der Waals surface area (Å²) in [7, 11) is 0. The van der Waals surface area contributed by atoms with E-state index in [2.05, 4.69) is 15.6 Å². The molecule has 0 aliphatic carbocycles. The van der Waals surface area contributed by atoms with E-state index in [4.69, 9.17) is 4.42 Å². The Morgan fingerprint density at radius 3 is 2.85 bits per heavy atom. The van der Waals surface area contributed by atoms with Crippen molar-refractivity contribution in [1.82, 2.24) is 10.3 Å². The van der Waals surface area contributed by atoms with E-state index >= 15 is 0 Å². The number of nitrogens with zero attached hydrogens (tertiary/aromatic N) is 1. The first kappa shape index (κ1) is 18.8. The van der Waals surface area contributed by atoms with Crippen LogP contribution in [-0.2, 0) is 11.3 Å². The number of nitrogens with one attached hydrogen (secondary N) is 2. The first-order valence-electron chi connectivity index (χ1n) is 8.74. The number of rotatable bonds is 7. The van der Waals surface area contributed by atoms with Crippen molar-refractivity contribution in [3.05, 3.63) is 59.3 Å². The van der Waals surface area contributed by atoms with Crippen LogP contribution in [0.15, 0.2) is 52.5 Å². The van der Waals surface area contributed by atoms with Crippen LogP contribution in [-0.4, -0.2) is 16.8 Å². The van der Waals surface area contributed by atoms with Crippen LogP contribution in [0.2, 0.25) is 0 Å². The summed E-state index contributed by atoms with van der Waals surface area (Å²) < 4.78 is 5.29. The van der Waals surface area contributed by atoms with E-state index in [0.717, 1.165) is 17.7 Å². The van der Waals surface area contributed by atoms with Crippen molar-refractivity contribution in [3.8, 4) is 10.8 Å². The number of carbonyl (C=O) groups excluding carboxylic acids is 2. The molecule has 27 heavy (non-hydrogen) atoms. The van der Waals surface area contributed by atoms with Crippen LogP contribution in [0.25, 0.3) is 10.8 Å². The molecule has 2 aromatic heterocycles. The topological polar surface area (TPSA) is 84.2 Å². The van der Waals surface area contributed by atoms with Gasteiger partial charge < -0.3 is 15.1 Å². The third kappa shape index (κ3) is 4.83. The largest absolute Gasteiger partial charge is 0.462 e. The van der Waals surface area contributed by atoms with Crippen LogP contribution in [0.4, 0.5) is 5.69 Å². The quantitative estimate of drug-likeness (QED) is 0.636. The zero-order valence-electron chi connectivity index (χ0n) is 15.2. The lowest BCUT2D eigenvalue weighted by Gasteiger charge is -2.11. The average molecular weight is 383 g/mol. The highest BCUT2D eigenvalue weighted by Gasteiger charge is 2.14. The minimum atomic E-state index is -0.252. The monoisotopic (exact) mass is 383 g/mol. The molecule has 6 nitrogen and oxygen atoms in total. The van der Waals surface area contributed by atoms with Crippen molar-refractivity contribution in [1.29, 1.82) is 0 Å². The van der Waals surface area contributed by atoms with Crippen molar-refractivity contribution < 1.29 is 14.0 Å². The van der Waals surface area contributed by atoms with E-state index in [1.54, 1.807) is 23.8 Å². The SMILES string of the molecule is CCC(C)C(=O)Nc1cccc(CNC(=O)c2csc(-c3ccco3)n2)c1. The molecule has 2 N–H and O–H groups in total. The van der Waals surface area contributed by atoms with Gasteiger partial charge in [-0.1, -0.05) is 26.0 Å². The standard InChI is InChI=1S/C20H21N3O3S/c1-3-13(2)18(24)22-15-7-4-6-14(10-15)11-21-19(25)16-12-27-20(23-16)17-8-5-9-26-17/h4-10,12-13H,3,11H2,1-2H3,(H,21,25)(H,22,24). The molecular formula is C20H21N3O3S. The molecule has 0 aliphatic rings. The van der Waals surface area contributed by atoms with Crippen molar-refractivity contribution in [2.75, 3.05) is 5.32 Å². The molecule has 1 aromatic carbocycles. The van der Waals surface area contributed by atoms with E-state index in [-0.39, 0.29) is 17.7 Å². The molecule has 2 amide bonds. The van der Waals surface area contributed by atoms with Gasteiger partial charge in [0.2, 0.25) is 5.91 Å². The fraction of sp³-hybridized carbons (Fsp3) is 0.250.